The predicted octanol–water partition coefficient (Wildman–Crippen LogP) is 6.12. The number of carbonyl (C=O) groups is 1. The molecule has 1 atom stereocenters. The summed E-state index contributed by atoms with van der Waals surface area (Å²) in [4.78, 5) is 15.8. The first kappa shape index (κ1) is 22.7. The number of hydrogen-bond donors (Lipinski definition) is 1. The van der Waals surface area contributed by atoms with Gasteiger partial charge in [-0.25, -0.2) is 9.48 Å². The Bertz CT molecular complexity index is 1540. The Morgan fingerprint density at radius 3 is 2.32 bits per heavy atom. The van der Waals surface area contributed by atoms with Crippen molar-refractivity contribution in [3.05, 3.63) is 126 Å². The van der Waals surface area contributed by atoms with E-state index in [-0.39, 0.29) is 12.1 Å². The van der Waals surface area contributed by atoms with E-state index in [1.54, 1.807) is 7.11 Å². The van der Waals surface area contributed by atoms with Gasteiger partial charge in [-0.3, -0.25) is 0 Å². The first-order valence-electron chi connectivity index (χ1n) is 12.2. The number of amides is 2. The molecular weight excluding hydrogens is 462 g/mol. The van der Waals surface area contributed by atoms with Gasteiger partial charge in [-0.15, -0.1) is 0 Å². The monoisotopic (exact) mass is 489 g/mol. The fourth-order valence-corrected chi connectivity index (χ4v) is 5.00. The summed E-state index contributed by atoms with van der Waals surface area (Å²) in [5.41, 5.74) is 5.59. The fourth-order valence-electron chi connectivity index (χ4n) is 5.00. The topological polar surface area (TPSA) is 64.3 Å². The van der Waals surface area contributed by atoms with Gasteiger partial charge in [-0.1, -0.05) is 48.5 Å². The number of urea groups is 1. The quantitative estimate of drug-likeness (QED) is 0.331. The lowest BCUT2D eigenvalue weighted by atomic mass is 10.0. The summed E-state index contributed by atoms with van der Waals surface area (Å²) in [6.45, 7) is 2.40. The third-order valence-corrected chi connectivity index (χ3v) is 6.80. The van der Waals surface area contributed by atoms with E-state index in [1.807, 2.05) is 95.4 Å². The largest absolute Gasteiger partial charge is 0.497 e. The van der Waals surface area contributed by atoms with Crippen LogP contribution in [-0.4, -0.2) is 32.4 Å². The number of methoxy groups -OCH3 is 1. The number of anilines is 1. The Balaban J connectivity index is 1.50. The number of carbonyl (C=O) groups excluding carboxylic acids is 1. The van der Waals surface area contributed by atoms with Gasteiger partial charge in [0.1, 0.15) is 11.6 Å². The maximum absolute atomic E-state index is 13.9. The van der Waals surface area contributed by atoms with Crippen LogP contribution in [0.2, 0.25) is 0 Å². The maximum atomic E-state index is 13.9. The zero-order chi connectivity index (χ0) is 25.4. The molecule has 3 aromatic carbocycles. The molecule has 0 spiro atoms. The molecule has 1 aliphatic heterocycles. The molecule has 0 saturated carbocycles. The Morgan fingerprint density at radius 2 is 1.62 bits per heavy atom. The first-order valence-corrected chi connectivity index (χ1v) is 12.2. The molecule has 1 unspecified atom stereocenters. The van der Waals surface area contributed by atoms with Gasteiger partial charge in [0.2, 0.25) is 0 Å². The number of ether oxygens (including phenoxy) is 1. The van der Waals surface area contributed by atoms with Crippen molar-refractivity contribution in [3.63, 3.8) is 0 Å². The number of rotatable bonds is 4. The van der Waals surface area contributed by atoms with Gasteiger partial charge >= 0.3 is 6.03 Å². The molecule has 0 aliphatic carbocycles. The van der Waals surface area contributed by atoms with Crippen molar-refractivity contribution in [2.24, 2.45) is 0 Å². The van der Waals surface area contributed by atoms with Crippen LogP contribution in [0, 0.1) is 6.92 Å². The summed E-state index contributed by atoms with van der Waals surface area (Å²) < 4.78 is 9.41. The minimum atomic E-state index is -0.300. The van der Waals surface area contributed by atoms with E-state index in [0.717, 1.165) is 39.8 Å². The van der Waals surface area contributed by atoms with Gasteiger partial charge in [-0.05, 0) is 61.0 Å². The second-order valence-electron chi connectivity index (χ2n) is 9.04. The van der Waals surface area contributed by atoms with E-state index in [0.29, 0.717) is 12.2 Å². The van der Waals surface area contributed by atoms with E-state index in [1.165, 1.54) is 0 Å². The number of hydrogen-bond acceptors (Lipinski definition) is 3. The lowest BCUT2D eigenvalue weighted by Crippen LogP contribution is -2.38. The number of fused-ring (bicyclic) bond motifs is 3. The average molecular weight is 490 g/mol. The lowest BCUT2D eigenvalue weighted by molar-refractivity contribution is 0.194. The molecule has 0 bridgehead atoms. The molecule has 2 amide bonds. The smallest absolute Gasteiger partial charge is 0.322 e. The molecule has 7 nitrogen and oxygen atoms in total. The highest BCUT2D eigenvalue weighted by molar-refractivity contribution is 5.90. The number of nitrogens with one attached hydrogen (secondary N) is 1. The van der Waals surface area contributed by atoms with E-state index in [2.05, 4.69) is 34.3 Å². The molecule has 37 heavy (non-hydrogen) atoms. The molecule has 1 N–H and O–H groups in total. The van der Waals surface area contributed by atoms with E-state index < -0.39 is 0 Å². The predicted molar refractivity (Wildman–Crippen MR) is 143 cm³/mol. The maximum Gasteiger partial charge on any atom is 0.322 e. The van der Waals surface area contributed by atoms with Crippen molar-refractivity contribution in [2.45, 2.75) is 19.5 Å². The van der Waals surface area contributed by atoms with Crippen molar-refractivity contribution >= 4 is 11.7 Å². The zero-order valence-electron chi connectivity index (χ0n) is 20.7. The number of para-hydroxylation sites is 1. The number of benzene rings is 3. The summed E-state index contributed by atoms with van der Waals surface area (Å²) in [5.74, 6) is 1.69. The molecular formula is C30H27N5O2. The standard InChI is InChI=1S/C30H27N5O2/c1-21-26-20-34(30(36)31-23-15-17-25(37-2)18-16-23)28(22-10-5-3-6-11-22)27-14-9-19-33(27)29(26)35(32-21)24-12-7-4-8-13-24/h3-19,28H,20H2,1-2H3,(H,31,36). The second kappa shape index (κ2) is 9.35. The number of aryl methyl sites for hydroxylation is 1. The number of nitrogens with zero attached hydrogens (tertiary/aromatic N) is 4. The van der Waals surface area contributed by atoms with Crippen LogP contribution in [0.1, 0.15) is 28.6 Å². The van der Waals surface area contributed by atoms with Crippen molar-refractivity contribution in [3.8, 4) is 17.3 Å². The van der Waals surface area contributed by atoms with Crippen molar-refractivity contribution in [2.75, 3.05) is 12.4 Å². The summed E-state index contributed by atoms with van der Waals surface area (Å²) in [7, 11) is 1.62. The molecule has 0 radical (unpaired) electrons. The highest BCUT2D eigenvalue weighted by atomic mass is 16.5. The molecule has 0 saturated heterocycles. The van der Waals surface area contributed by atoms with Crippen LogP contribution in [0.5, 0.6) is 5.75 Å². The Hall–Kier alpha value is -4.78. The minimum absolute atomic E-state index is 0.188. The lowest BCUT2D eigenvalue weighted by Gasteiger charge is -2.31. The van der Waals surface area contributed by atoms with Crippen LogP contribution in [0.3, 0.4) is 0 Å². The average Bonchev–Trinajstić information content (AvgIpc) is 3.50. The number of aromatic nitrogens is 3. The molecule has 5 aromatic rings. The van der Waals surface area contributed by atoms with Gasteiger partial charge in [0.15, 0.2) is 0 Å². The van der Waals surface area contributed by atoms with Crippen molar-refractivity contribution < 1.29 is 9.53 Å². The Morgan fingerprint density at radius 1 is 0.919 bits per heavy atom. The molecule has 184 valence electrons. The van der Waals surface area contributed by atoms with Gasteiger partial charge < -0.3 is 19.5 Å². The Labute approximate surface area is 215 Å². The molecule has 0 fully saturated rings. The summed E-state index contributed by atoms with van der Waals surface area (Å²) in [5, 5.41) is 8.00. The summed E-state index contributed by atoms with van der Waals surface area (Å²) in [6.07, 6.45) is 2.05. The zero-order valence-corrected chi connectivity index (χ0v) is 20.7. The SMILES string of the molecule is COc1ccc(NC(=O)N2Cc3c(C)nn(-c4ccccc4)c3-n3cccc3C2c2ccccc2)cc1. The van der Waals surface area contributed by atoms with Crippen LogP contribution < -0.4 is 10.1 Å². The van der Waals surface area contributed by atoms with Crippen molar-refractivity contribution in [1.82, 2.24) is 19.2 Å². The normalized spacial score (nSPS) is 14.4. The van der Waals surface area contributed by atoms with Crippen LogP contribution in [-0.2, 0) is 6.54 Å². The second-order valence-corrected chi connectivity index (χ2v) is 9.04. The van der Waals surface area contributed by atoms with Crippen LogP contribution in [0.4, 0.5) is 10.5 Å². The first-order chi connectivity index (χ1) is 18.1. The summed E-state index contributed by atoms with van der Waals surface area (Å²) in [6, 6.07) is 31.2. The van der Waals surface area contributed by atoms with Gasteiger partial charge in [0.05, 0.1) is 36.8 Å². The van der Waals surface area contributed by atoms with Gasteiger partial charge in [0.25, 0.3) is 0 Å². The summed E-state index contributed by atoms with van der Waals surface area (Å²) >= 11 is 0. The highest BCUT2D eigenvalue weighted by Gasteiger charge is 2.35. The van der Waals surface area contributed by atoms with E-state index >= 15 is 0 Å². The minimum Gasteiger partial charge on any atom is -0.497 e. The third-order valence-electron chi connectivity index (χ3n) is 6.80. The van der Waals surface area contributed by atoms with E-state index in [9.17, 15) is 4.79 Å². The van der Waals surface area contributed by atoms with Gasteiger partial charge in [0, 0.05) is 17.4 Å². The highest BCUT2D eigenvalue weighted by Crippen LogP contribution is 2.38. The van der Waals surface area contributed by atoms with Crippen molar-refractivity contribution in [1.29, 1.82) is 0 Å². The molecule has 2 aromatic heterocycles. The van der Waals surface area contributed by atoms with Crippen LogP contribution in [0.15, 0.2) is 103 Å². The molecule has 3 heterocycles. The molecule has 7 heteroatoms. The van der Waals surface area contributed by atoms with E-state index in [4.69, 9.17) is 9.84 Å². The Kier molecular flexibility index (Phi) is 5.73. The molecule has 1 aliphatic rings. The fraction of sp³-hybridized carbons (Fsp3) is 0.133. The van der Waals surface area contributed by atoms with Crippen LogP contribution in [0.25, 0.3) is 11.5 Å². The van der Waals surface area contributed by atoms with Gasteiger partial charge in [-0.2, -0.15) is 5.10 Å². The third kappa shape index (κ3) is 4.04. The molecule has 6 rings (SSSR count). The van der Waals surface area contributed by atoms with Crippen LogP contribution >= 0.6 is 0 Å².